The van der Waals surface area contributed by atoms with Crippen molar-refractivity contribution in [3.05, 3.63) is 35.6 Å². The van der Waals surface area contributed by atoms with Gasteiger partial charge in [-0.2, -0.15) is 5.26 Å². The number of piperazine rings is 1. The Kier molecular flexibility index (Phi) is 5.19. The molecule has 7 nitrogen and oxygen atoms in total. The van der Waals surface area contributed by atoms with Gasteiger partial charge in [0.1, 0.15) is 11.9 Å². The van der Waals surface area contributed by atoms with Crippen LogP contribution in [0.15, 0.2) is 24.3 Å². The van der Waals surface area contributed by atoms with E-state index in [4.69, 9.17) is 5.73 Å². The van der Waals surface area contributed by atoms with E-state index in [1.54, 1.807) is 4.90 Å². The van der Waals surface area contributed by atoms with Crippen molar-refractivity contribution in [2.75, 3.05) is 13.1 Å². The molecule has 2 N–H and O–H groups in total. The number of halogens is 1. The first-order chi connectivity index (χ1) is 16.4. The number of carbonyl (C=O) groups excluding carboxylic acids is 2. The van der Waals surface area contributed by atoms with Crippen LogP contribution in [0.4, 0.5) is 4.39 Å². The number of hydrogen-bond acceptors (Lipinski definition) is 5. The van der Waals surface area contributed by atoms with Crippen LogP contribution in [0.3, 0.4) is 0 Å². The summed E-state index contributed by atoms with van der Waals surface area (Å²) in [5.74, 6) is 0.152. The number of amides is 2. The Hall–Kier alpha value is -2.50. The van der Waals surface area contributed by atoms with Crippen LogP contribution < -0.4 is 5.73 Å². The third kappa shape index (κ3) is 3.28. The first-order valence-electron chi connectivity index (χ1n) is 12.7. The van der Waals surface area contributed by atoms with E-state index in [0.29, 0.717) is 19.0 Å². The SMILES string of the molecule is N#CC1C[C@@H]2C[C@@H]2N1C(=O)C(N)CN1CC2C[C@H]1C(=O)N2C1(c2ccc(F)cc2)CCCCC1. The summed E-state index contributed by atoms with van der Waals surface area (Å²) in [6.07, 6.45) is 7.55. The Morgan fingerprint density at radius 2 is 1.91 bits per heavy atom. The van der Waals surface area contributed by atoms with Gasteiger partial charge in [0.05, 0.1) is 23.7 Å². The van der Waals surface area contributed by atoms with Crippen molar-refractivity contribution in [1.82, 2.24) is 14.7 Å². The number of carbonyl (C=O) groups is 2. The van der Waals surface area contributed by atoms with Gasteiger partial charge in [-0.05, 0) is 55.7 Å². The first-order valence-corrected chi connectivity index (χ1v) is 12.7. The van der Waals surface area contributed by atoms with Gasteiger partial charge in [-0.15, -0.1) is 0 Å². The minimum atomic E-state index is -0.725. The van der Waals surface area contributed by atoms with Gasteiger partial charge in [-0.1, -0.05) is 31.4 Å². The molecular formula is C26H32FN5O2. The van der Waals surface area contributed by atoms with Crippen molar-refractivity contribution in [3.8, 4) is 6.07 Å². The molecule has 5 fully saturated rings. The zero-order chi connectivity index (χ0) is 23.6. The summed E-state index contributed by atoms with van der Waals surface area (Å²) in [4.78, 5) is 32.7. The number of piperidine rings is 1. The summed E-state index contributed by atoms with van der Waals surface area (Å²) in [5.41, 5.74) is 7.02. The molecule has 1 aromatic rings. The van der Waals surface area contributed by atoms with Gasteiger partial charge in [0.15, 0.2) is 0 Å². The molecule has 6 atom stereocenters. The molecule has 6 rings (SSSR count). The van der Waals surface area contributed by atoms with E-state index >= 15 is 0 Å². The normalized spacial score (nSPS) is 34.7. The lowest BCUT2D eigenvalue weighted by Crippen LogP contribution is -2.61. The molecule has 2 bridgehead atoms. The summed E-state index contributed by atoms with van der Waals surface area (Å²) in [5, 5.41) is 9.43. The van der Waals surface area contributed by atoms with E-state index in [1.807, 2.05) is 12.1 Å². The van der Waals surface area contributed by atoms with E-state index < -0.39 is 6.04 Å². The molecule has 3 heterocycles. The highest BCUT2D eigenvalue weighted by Gasteiger charge is 2.58. The van der Waals surface area contributed by atoms with E-state index in [1.165, 1.54) is 12.1 Å². The van der Waals surface area contributed by atoms with Crippen LogP contribution >= 0.6 is 0 Å². The van der Waals surface area contributed by atoms with Crippen LogP contribution in [-0.2, 0) is 15.1 Å². The Morgan fingerprint density at radius 3 is 2.59 bits per heavy atom. The van der Waals surface area contributed by atoms with E-state index in [2.05, 4.69) is 15.9 Å². The molecule has 0 spiro atoms. The Bertz CT molecular complexity index is 1030. The summed E-state index contributed by atoms with van der Waals surface area (Å²) in [7, 11) is 0. The van der Waals surface area contributed by atoms with Crippen molar-refractivity contribution < 1.29 is 14.0 Å². The molecule has 0 radical (unpaired) electrons. The van der Waals surface area contributed by atoms with Crippen LogP contribution in [0.1, 0.15) is 56.9 Å². The number of benzene rings is 1. The van der Waals surface area contributed by atoms with Crippen molar-refractivity contribution in [2.45, 2.75) is 87.1 Å². The number of nitrogens with two attached hydrogens (primary N) is 1. The summed E-state index contributed by atoms with van der Waals surface area (Å²) in [6.45, 7) is 1.04. The molecule has 2 amide bonds. The lowest BCUT2D eigenvalue weighted by atomic mass is 9.74. The molecule has 0 aromatic heterocycles. The topological polar surface area (TPSA) is 93.7 Å². The smallest absolute Gasteiger partial charge is 0.242 e. The van der Waals surface area contributed by atoms with Crippen molar-refractivity contribution in [1.29, 1.82) is 5.26 Å². The molecule has 3 unspecified atom stereocenters. The summed E-state index contributed by atoms with van der Waals surface area (Å²) in [6, 6.07) is 7.85. The predicted molar refractivity (Wildman–Crippen MR) is 123 cm³/mol. The summed E-state index contributed by atoms with van der Waals surface area (Å²) < 4.78 is 13.7. The van der Waals surface area contributed by atoms with Gasteiger partial charge in [0, 0.05) is 25.2 Å². The van der Waals surface area contributed by atoms with Crippen LogP contribution in [0.25, 0.3) is 0 Å². The molecule has 3 saturated heterocycles. The highest BCUT2D eigenvalue weighted by Crippen LogP contribution is 2.49. The molecular weight excluding hydrogens is 433 g/mol. The van der Waals surface area contributed by atoms with Gasteiger partial charge >= 0.3 is 0 Å². The van der Waals surface area contributed by atoms with Gasteiger partial charge in [-0.25, -0.2) is 4.39 Å². The quantitative estimate of drug-likeness (QED) is 0.719. The molecule has 3 aliphatic heterocycles. The molecule has 8 heteroatoms. The average molecular weight is 466 g/mol. The Labute approximate surface area is 199 Å². The lowest BCUT2D eigenvalue weighted by molar-refractivity contribution is -0.147. The number of nitriles is 1. The second-order valence-corrected chi connectivity index (χ2v) is 11.0. The van der Waals surface area contributed by atoms with Crippen LogP contribution in [0.5, 0.6) is 0 Å². The zero-order valence-electron chi connectivity index (χ0n) is 19.4. The summed E-state index contributed by atoms with van der Waals surface area (Å²) >= 11 is 0. The minimum Gasteiger partial charge on any atom is -0.327 e. The van der Waals surface area contributed by atoms with Crippen molar-refractivity contribution in [3.63, 3.8) is 0 Å². The molecule has 5 aliphatic rings. The van der Waals surface area contributed by atoms with Crippen LogP contribution in [-0.4, -0.2) is 69.8 Å². The average Bonchev–Trinajstić information content (AvgIpc) is 3.17. The largest absolute Gasteiger partial charge is 0.327 e. The monoisotopic (exact) mass is 465 g/mol. The van der Waals surface area contributed by atoms with Crippen molar-refractivity contribution >= 4 is 11.8 Å². The van der Waals surface area contributed by atoms with Gasteiger partial charge in [0.25, 0.3) is 0 Å². The number of fused-ring (bicyclic) bond motifs is 3. The maximum atomic E-state index is 13.7. The van der Waals surface area contributed by atoms with E-state index in [0.717, 1.165) is 56.9 Å². The zero-order valence-corrected chi connectivity index (χ0v) is 19.4. The van der Waals surface area contributed by atoms with Crippen LogP contribution in [0.2, 0.25) is 0 Å². The Morgan fingerprint density at radius 1 is 1.18 bits per heavy atom. The highest BCUT2D eigenvalue weighted by atomic mass is 19.1. The fraction of sp³-hybridized carbons (Fsp3) is 0.654. The molecule has 2 aliphatic carbocycles. The second-order valence-electron chi connectivity index (χ2n) is 11.0. The number of hydrogen-bond donors (Lipinski definition) is 1. The molecule has 180 valence electrons. The highest BCUT2D eigenvalue weighted by molar-refractivity contribution is 5.87. The predicted octanol–water partition coefficient (Wildman–Crippen LogP) is 2.11. The number of likely N-dealkylation sites (tertiary alicyclic amines) is 3. The molecule has 1 aromatic carbocycles. The first kappa shape index (κ1) is 22.0. The third-order valence-corrected chi connectivity index (χ3v) is 9.05. The molecule has 2 saturated carbocycles. The van der Waals surface area contributed by atoms with Gasteiger partial charge < -0.3 is 15.5 Å². The number of nitrogens with zero attached hydrogens (tertiary/aromatic N) is 4. The fourth-order valence-corrected chi connectivity index (χ4v) is 7.40. The standard InChI is InChI=1S/C26H32FN5O2/c27-18-6-4-17(5-7-18)26(8-2-1-3-9-26)32-20-12-23(25(32)34)30(14-20)15-21(29)24(33)31-19(13-28)10-16-11-22(16)31/h4-7,16,19-23H,1-3,8-12,14-15,29H2/t16-,19?,20?,21?,22+,23+/m1/s1. The van der Waals surface area contributed by atoms with E-state index in [-0.39, 0.29) is 47.3 Å². The Balaban J connectivity index is 1.18. The number of rotatable bonds is 5. The second kappa shape index (κ2) is 8.03. The third-order valence-electron chi connectivity index (χ3n) is 9.05. The van der Waals surface area contributed by atoms with Crippen LogP contribution in [0, 0.1) is 23.1 Å². The lowest BCUT2D eigenvalue weighted by Gasteiger charge is -2.50. The van der Waals surface area contributed by atoms with Gasteiger partial charge in [0.2, 0.25) is 11.8 Å². The van der Waals surface area contributed by atoms with Crippen molar-refractivity contribution in [2.24, 2.45) is 11.7 Å². The minimum absolute atomic E-state index is 0.0782. The van der Waals surface area contributed by atoms with E-state index in [9.17, 15) is 19.2 Å². The maximum absolute atomic E-state index is 13.7. The molecule has 34 heavy (non-hydrogen) atoms. The van der Waals surface area contributed by atoms with Gasteiger partial charge in [-0.3, -0.25) is 14.5 Å². The maximum Gasteiger partial charge on any atom is 0.242 e. The fourth-order valence-electron chi connectivity index (χ4n) is 7.40.